The van der Waals surface area contributed by atoms with E-state index in [1.54, 1.807) is 12.3 Å². The highest BCUT2D eigenvalue weighted by molar-refractivity contribution is 6.31. The molecule has 0 saturated carbocycles. The van der Waals surface area contributed by atoms with E-state index in [2.05, 4.69) is 30.6 Å². The molecule has 142 valence electrons. The van der Waals surface area contributed by atoms with E-state index in [0.717, 1.165) is 6.20 Å². The summed E-state index contributed by atoms with van der Waals surface area (Å²) in [6.07, 6.45) is 4.15. The SMILES string of the molecule is C[C@H](Nc1nc(-c2c[nH]c3ncc(Cl)cc23)ncc1F)C(=O)NCCF.[HH].[HH].[HH]. The fourth-order valence-electron chi connectivity index (χ4n) is 2.36. The Labute approximate surface area is 156 Å². The van der Waals surface area contributed by atoms with Gasteiger partial charge < -0.3 is 15.6 Å². The molecule has 1 atom stereocenters. The lowest BCUT2D eigenvalue weighted by Gasteiger charge is -2.14. The molecule has 26 heavy (non-hydrogen) atoms. The highest BCUT2D eigenvalue weighted by Gasteiger charge is 2.17. The minimum Gasteiger partial charge on any atom is -0.356 e. The highest BCUT2D eigenvalue weighted by atomic mass is 35.5. The van der Waals surface area contributed by atoms with Gasteiger partial charge in [-0.1, -0.05) is 11.6 Å². The number of halogens is 3. The molecule has 3 rings (SSSR count). The van der Waals surface area contributed by atoms with Crippen LogP contribution < -0.4 is 10.6 Å². The maximum atomic E-state index is 14.0. The topological polar surface area (TPSA) is 95.6 Å². The fourth-order valence-corrected chi connectivity index (χ4v) is 2.51. The van der Waals surface area contributed by atoms with E-state index in [4.69, 9.17) is 11.6 Å². The molecule has 0 unspecified atom stereocenters. The van der Waals surface area contributed by atoms with Crippen molar-refractivity contribution in [2.75, 3.05) is 18.5 Å². The lowest BCUT2D eigenvalue weighted by Crippen LogP contribution is -2.38. The van der Waals surface area contributed by atoms with E-state index < -0.39 is 24.4 Å². The average Bonchev–Trinajstić information content (AvgIpc) is 3.04. The number of H-pyrrole nitrogens is 1. The zero-order chi connectivity index (χ0) is 18.7. The van der Waals surface area contributed by atoms with E-state index >= 15 is 0 Å². The first-order valence-electron chi connectivity index (χ1n) is 7.75. The number of rotatable bonds is 6. The number of aromatic nitrogens is 4. The van der Waals surface area contributed by atoms with E-state index in [-0.39, 0.29) is 22.5 Å². The van der Waals surface area contributed by atoms with Gasteiger partial charge in [0.05, 0.1) is 11.2 Å². The summed E-state index contributed by atoms with van der Waals surface area (Å²) in [5.74, 6) is -1.08. The van der Waals surface area contributed by atoms with Gasteiger partial charge in [-0.15, -0.1) is 0 Å². The molecule has 3 aromatic rings. The third-order valence-corrected chi connectivity index (χ3v) is 3.83. The predicted molar refractivity (Wildman–Crippen MR) is 100 cm³/mol. The quantitative estimate of drug-likeness (QED) is 0.603. The van der Waals surface area contributed by atoms with Crippen LogP contribution in [0.1, 0.15) is 11.2 Å². The summed E-state index contributed by atoms with van der Waals surface area (Å²) in [5.41, 5.74) is 1.18. The molecule has 10 heteroatoms. The van der Waals surface area contributed by atoms with Gasteiger partial charge in [-0.3, -0.25) is 4.79 Å². The zero-order valence-corrected chi connectivity index (χ0v) is 14.4. The molecule has 0 fully saturated rings. The molecule has 0 radical (unpaired) electrons. The number of fused-ring (bicyclic) bond motifs is 1. The summed E-state index contributed by atoms with van der Waals surface area (Å²) in [4.78, 5) is 27.1. The lowest BCUT2D eigenvalue weighted by atomic mass is 10.2. The summed E-state index contributed by atoms with van der Waals surface area (Å²) in [7, 11) is 0. The lowest BCUT2D eigenvalue weighted by molar-refractivity contribution is -0.121. The molecule has 3 aromatic heterocycles. The molecule has 0 spiro atoms. The van der Waals surface area contributed by atoms with Crippen LogP contribution in [-0.4, -0.2) is 45.1 Å². The number of aromatic amines is 1. The van der Waals surface area contributed by atoms with Gasteiger partial charge in [-0.2, -0.15) is 0 Å². The normalized spacial score (nSPS) is 12.2. The zero-order valence-electron chi connectivity index (χ0n) is 13.7. The van der Waals surface area contributed by atoms with Crippen LogP contribution in [0.4, 0.5) is 14.6 Å². The van der Waals surface area contributed by atoms with Crippen LogP contribution in [-0.2, 0) is 4.79 Å². The number of hydrogen-bond acceptors (Lipinski definition) is 5. The van der Waals surface area contributed by atoms with Crippen molar-refractivity contribution in [2.45, 2.75) is 13.0 Å². The molecule has 0 aliphatic heterocycles. The molecule has 0 aliphatic rings. The number of carbonyl (C=O) groups excluding carboxylic acids is 1. The summed E-state index contributed by atoms with van der Waals surface area (Å²) < 4.78 is 26.2. The van der Waals surface area contributed by atoms with Gasteiger partial charge in [0, 0.05) is 34.2 Å². The Kier molecular flexibility index (Phi) is 5.27. The Hall–Kier alpha value is -2.81. The second-order valence-electron chi connectivity index (χ2n) is 5.49. The average molecular weight is 387 g/mol. The number of pyridine rings is 1. The van der Waals surface area contributed by atoms with Gasteiger partial charge in [0.25, 0.3) is 0 Å². The Balaban J connectivity index is 0.00000261. The van der Waals surface area contributed by atoms with Crippen LogP contribution in [0.3, 0.4) is 0 Å². The first-order valence-corrected chi connectivity index (χ1v) is 8.13. The van der Waals surface area contributed by atoms with Gasteiger partial charge in [-0.25, -0.2) is 23.7 Å². The standard InChI is InChI=1S/C16H15ClF2N6O.3H2/c1-8(16(26)20-3-2-18)24-15-12(19)7-23-14(25-15)11-6-22-13-10(11)4-9(17)5-21-13;;;/h4-8H,2-3H2,1H3,(H,20,26)(H,21,22)(H,23,24,25);3*1H/t8-;;;/m0.../s1. The van der Waals surface area contributed by atoms with Crippen molar-refractivity contribution in [2.24, 2.45) is 0 Å². The minimum absolute atomic E-state index is 0. The molecule has 7 nitrogen and oxygen atoms in total. The van der Waals surface area contributed by atoms with E-state index in [9.17, 15) is 13.6 Å². The molecule has 0 saturated heterocycles. The monoisotopic (exact) mass is 386 g/mol. The van der Waals surface area contributed by atoms with Gasteiger partial charge >= 0.3 is 0 Å². The van der Waals surface area contributed by atoms with Crippen molar-refractivity contribution in [3.63, 3.8) is 0 Å². The van der Waals surface area contributed by atoms with Gasteiger partial charge in [0.2, 0.25) is 5.91 Å². The van der Waals surface area contributed by atoms with E-state index in [1.807, 2.05) is 0 Å². The Morgan fingerprint density at radius 2 is 2.23 bits per heavy atom. The molecular formula is C16H21ClF2N6O. The number of nitrogens with zero attached hydrogens (tertiary/aromatic N) is 3. The molecular weight excluding hydrogens is 366 g/mol. The molecule has 1 amide bonds. The molecule has 0 aromatic carbocycles. The smallest absolute Gasteiger partial charge is 0.242 e. The van der Waals surface area contributed by atoms with Crippen molar-refractivity contribution < 1.29 is 17.9 Å². The van der Waals surface area contributed by atoms with Crippen molar-refractivity contribution in [1.82, 2.24) is 25.3 Å². The molecule has 0 aliphatic carbocycles. The molecule has 3 N–H and O–H groups in total. The van der Waals surface area contributed by atoms with Crippen LogP contribution in [0.5, 0.6) is 0 Å². The van der Waals surface area contributed by atoms with Crippen LogP contribution in [0, 0.1) is 5.82 Å². The van der Waals surface area contributed by atoms with E-state index in [1.165, 1.54) is 13.1 Å². The number of carbonyl (C=O) groups is 1. The number of amides is 1. The van der Waals surface area contributed by atoms with Crippen LogP contribution in [0.25, 0.3) is 22.4 Å². The van der Waals surface area contributed by atoms with Crippen LogP contribution in [0.2, 0.25) is 5.02 Å². The maximum Gasteiger partial charge on any atom is 0.242 e. The predicted octanol–water partition coefficient (Wildman–Crippen LogP) is 3.44. The largest absolute Gasteiger partial charge is 0.356 e. The molecule has 3 heterocycles. The first kappa shape index (κ1) is 18.0. The fraction of sp³-hybridized carbons (Fsp3) is 0.250. The number of hydrogen-bond donors (Lipinski definition) is 3. The molecule has 0 bridgehead atoms. The van der Waals surface area contributed by atoms with Crippen molar-refractivity contribution in [1.29, 1.82) is 0 Å². The second-order valence-corrected chi connectivity index (χ2v) is 5.92. The maximum absolute atomic E-state index is 14.0. The summed E-state index contributed by atoms with van der Waals surface area (Å²) in [6, 6.07) is 0.889. The van der Waals surface area contributed by atoms with Gasteiger partial charge in [-0.05, 0) is 13.0 Å². The highest BCUT2D eigenvalue weighted by Crippen LogP contribution is 2.28. The Morgan fingerprint density at radius 1 is 1.42 bits per heavy atom. The first-order chi connectivity index (χ1) is 12.5. The number of nitrogens with one attached hydrogen (secondary N) is 3. The van der Waals surface area contributed by atoms with Crippen LogP contribution >= 0.6 is 11.6 Å². The minimum atomic E-state index is -0.808. The van der Waals surface area contributed by atoms with E-state index in [0.29, 0.717) is 21.6 Å². The van der Waals surface area contributed by atoms with Crippen molar-refractivity contribution >= 4 is 34.4 Å². The number of alkyl halides is 1. The summed E-state index contributed by atoms with van der Waals surface area (Å²) >= 11 is 5.98. The third-order valence-electron chi connectivity index (χ3n) is 3.62. The van der Waals surface area contributed by atoms with Crippen molar-refractivity contribution in [3.8, 4) is 11.4 Å². The third kappa shape index (κ3) is 3.72. The van der Waals surface area contributed by atoms with Gasteiger partial charge in [0.15, 0.2) is 17.5 Å². The second kappa shape index (κ2) is 7.61. The summed E-state index contributed by atoms with van der Waals surface area (Å²) in [5, 5.41) is 6.17. The van der Waals surface area contributed by atoms with Gasteiger partial charge in [0.1, 0.15) is 18.4 Å². The number of anilines is 1. The van der Waals surface area contributed by atoms with Crippen molar-refractivity contribution in [3.05, 3.63) is 35.5 Å². The summed E-state index contributed by atoms with van der Waals surface area (Å²) in [6.45, 7) is 0.733. The Morgan fingerprint density at radius 3 is 3.00 bits per heavy atom. The Bertz CT molecular complexity index is 962. The van der Waals surface area contributed by atoms with Crippen LogP contribution in [0.15, 0.2) is 24.7 Å².